The second kappa shape index (κ2) is 5.50. The average Bonchev–Trinajstić information content (AvgIpc) is 2.34. The lowest BCUT2D eigenvalue weighted by atomic mass is 10.2. The third kappa shape index (κ3) is 4.15. The highest BCUT2D eigenvalue weighted by Gasteiger charge is 2.12. The van der Waals surface area contributed by atoms with Crippen LogP contribution < -0.4 is 4.72 Å². The van der Waals surface area contributed by atoms with Crippen LogP contribution in [0, 0.1) is 5.82 Å². The summed E-state index contributed by atoms with van der Waals surface area (Å²) in [4.78, 5) is 7.48. The SMILES string of the molecule is O=S(=O)(Cc1ccc(F)cc1)Nc1cnc(Cl)cn1. The molecule has 0 amide bonds. The van der Waals surface area contributed by atoms with Gasteiger partial charge in [-0.3, -0.25) is 4.72 Å². The van der Waals surface area contributed by atoms with Crippen LogP contribution in [-0.4, -0.2) is 18.4 Å². The van der Waals surface area contributed by atoms with Crippen molar-refractivity contribution in [2.24, 2.45) is 0 Å². The molecule has 1 aromatic heterocycles. The van der Waals surface area contributed by atoms with Gasteiger partial charge in [0.05, 0.1) is 18.1 Å². The standard InChI is InChI=1S/C11H9ClFN3O2S/c12-10-5-15-11(6-14-10)16-19(17,18)7-8-1-3-9(13)4-2-8/h1-6H,7H2,(H,15,16). The summed E-state index contributed by atoms with van der Waals surface area (Å²) >= 11 is 5.54. The zero-order valence-electron chi connectivity index (χ0n) is 9.55. The molecule has 1 N–H and O–H groups in total. The lowest BCUT2D eigenvalue weighted by molar-refractivity contribution is 0.599. The molecule has 0 fully saturated rings. The maximum atomic E-state index is 12.7. The zero-order valence-corrected chi connectivity index (χ0v) is 11.1. The van der Waals surface area contributed by atoms with Crippen LogP contribution in [-0.2, 0) is 15.8 Å². The summed E-state index contributed by atoms with van der Waals surface area (Å²) in [5, 5.41) is 0.168. The molecule has 8 heteroatoms. The number of benzene rings is 1. The van der Waals surface area contributed by atoms with E-state index in [0.717, 1.165) is 0 Å². The Labute approximate surface area is 114 Å². The highest BCUT2D eigenvalue weighted by atomic mass is 35.5. The Balaban J connectivity index is 2.10. The highest BCUT2D eigenvalue weighted by molar-refractivity contribution is 7.91. The van der Waals surface area contributed by atoms with Crippen LogP contribution in [0.15, 0.2) is 36.7 Å². The van der Waals surface area contributed by atoms with Crippen LogP contribution in [0.2, 0.25) is 5.15 Å². The van der Waals surface area contributed by atoms with Gasteiger partial charge in [0.2, 0.25) is 10.0 Å². The van der Waals surface area contributed by atoms with E-state index < -0.39 is 15.8 Å². The molecule has 5 nitrogen and oxygen atoms in total. The summed E-state index contributed by atoms with van der Waals surface area (Å²) in [6.07, 6.45) is 2.45. The molecular weight excluding hydrogens is 293 g/mol. The van der Waals surface area contributed by atoms with E-state index in [1.807, 2.05) is 0 Å². The molecule has 19 heavy (non-hydrogen) atoms. The maximum absolute atomic E-state index is 12.7. The first-order valence-electron chi connectivity index (χ1n) is 5.17. The van der Waals surface area contributed by atoms with Crippen molar-refractivity contribution < 1.29 is 12.8 Å². The van der Waals surface area contributed by atoms with Gasteiger partial charge in [0.1, 0.15) is 11.0 Å². The summed E-state index contributed by atoms with van der Waals surface area (Å²) < 4.78 is 38.6. The molecule has 0 unspecified atom stereocenters. The van der Waals surface area contributed by atoms with Crippen molar-refractivity contribution in [2.45, 2.75) is 5.75 Å². The first-order valence-corrected chi connectivity index (χ1v) is 7.20. The second-order valence-corrected chi connectivity index (χ2v) is 5.82. The molecule has 0 atom stereocenters. The molecule has 2 aromatic rings. The van der Waals surface area contributed by atoms with Crippen LogP contribution in [0.1, 0.15) is 5.56 Å². The zero-order chi connectivity index (χ0) is 13.9. The molecule has 2 rings (SSSR count). The van der Waals surface area contributed by atoms with Crippen molar-refractivity contribution in [3.8, 4) is 0 Å². The molecule has 1 heterocycles. The van der Waals surface area contributed by atoms with E-state index >= 15 is 0 Å². The first kappa shape index (κ1) is 13.7. The van der Waals surface area contributed by atoms with Crippen LogP contribution >= 0.6 is 11.6 Å². The van der Waals surface area contributed by atoms with Gasteiger partial charge in [-0.15, -0.1) is 0 Å². The number of hydrogen-bond donors (Lipinski definition) is 1. The normalized spacial score (nSPS) is 11.3. The van der Waals surface area contributed by atoms with Gasteiger partial charge in [-0.1, -0.05) is 23.7 Å². The van der Waals surface area contributed by atoms with Gasteiger partial charge in [-0.05, 0) is 17.7 Å². The Morgan fingerprint density at radius 2 is 1.84 bits per heavy atom. The summed E-state index contributed by atoms with van der Waals surface area (Å²) in [6.45, 7) is 0. The lowest BCUT2D eigenvalue weighted by Gasteiger charge is -2.06. The predicted octanol–water partition coefficient (Wildman–Crippen LogP) is 2.21. The maximum Gasteiger partial charge on any atom is 0.238 e. The van der Waals surface area contributed by atoms with Crippen LogP contribution in [0.4, 0.5) is 10.2 Å². The molecule has 0 bridgehead atoms. The summed E-state index contributed by atoms with van der Waals surface area (Å²) in [5.74, 6) is -0.624. The van der Waals surface area contributed by atoms with Crippen molar-refractivity contribution in [3.63, 3.8) is 0 Å². The quantitative estimate of drug-likeness (QED) is 0.940. The summed E-state index contributed by atoms with van der Waals surface area (Å²) in [6, 6.07) is 5.21. The Hall–Kier alpha value is -1.73. The number of nitrogens with one attached hydrogen (secondary N) is 1. The fourth-order valence-electron chi connectivity index (χ4n) is 1.36. The Kier molecular flexibility index (Phi) is 3.96. The van der Waals surface area contributed by atoms with Crippen molar-refractivity contribution in [1.82, 2.24) is 9.97 Å². The number of sulfonamides is 1. The van der Waals surface area contributed by atoms with E-state index in [1.54, 1.807) is 0 Å². The van der Waals surface area contributed by atoms with E-state index in [4.69, 9.17) is 11.6 Å². The number of anilines is 1. The van der Waals surface area contributed by atoms with Crippen molar-refractivity contribution in [2.75, 3.05) is 4.72 Å². The topological polar surface area (TPSA) is 72.0 Å². The molecule has 0 saturated heterocycles. The molecule has 100 valence electrons. The predicted molar refractivity (Wildman–Crippen MR) is 69.7 cm³/mol. The third-order valence-electron chi connectivity index (χ3n) is 2.15. The largest absolute Gasteiger partial charge is 0.266 e. The van der Waals surface area contributed by atoms with Gasteiger partial charge in [-0.25, -0.2) is 22.8 Å². The Morgan fingerprint density at radius 1 is 1.16 bits per heavy atom. The van der Waals surface area contributed by atoms with E-state index in [1.165, 1.54) is 36.7 Å². The smallest absolute Gasteiger partial charge is 0.238 e. The average molecular weight is 302 g/mol. The molecule has 0 aliphatic rings. The van der Waals surface area contributed by atoms with Crippen LogP contribution in [0.3, 0.4) is 0 Å². The summed E-state index contributed by atoms with van der Waals surface area (Å²) in [5.41, 5.74) is 0.468. The van der Waals surface area contributed by atoms with Crippen LogP contribution in [0.25, 0.3) is 0 Å². The number of aromatic nitrogens is 2. The van der Waals surface area contributed by atoms with E-state index in [9.17, 15) is 12.8 Å². The van der Waals surface area contributed by atoms with Gasteiger partial charge in [-0.2, -0.15) is 0 Å². The fraction of sp³-hybridized carbons (Fsp3) is 0.0909. The lowest BCUT2D eigenvalue weighted by Crippen LogP contribution is -2.16. The van der Waals surface area contributed by atoms with E-state index in [-0.39, 0.29) is 16.7 Å². The fourth-order valence-corrected chi connectivity index (χ4v) is 2.59. The first-order chi connectivity index (χ1) is 8.94. The Bertz CT molecular complexity index is 606. The molecule has 0 spiro atoms. The second-order valence-electron chi connectivity index (χ2n) is 3.71. The minimum Gasteiger partial charge on any atom is -0.266 e. The summed E-state index contributed by atoms with van der Waals surface area (Å²) in [7, 11) is -3.63. The minimum atomic E-state index is -3.63. The molecule has 0 radical (unpaired) electrons. The number of rotatable bonds is 4. The molecule has 0 aliphatic heterocycles. The van der Waals surface area contributed by atoms with Crippen molar-refractivity contribution in [1.29, 1.82) is 0 Å². The van der Waals surface area contributed by atoms with Crippen LogP contribution in [0.5, 0.6) is 0 Å². The number of halogens is 2. The molecule has 1 aromatic carbocycles. The van der Waals surface area contributed by atoms with Gasteiger partial charge in [0.15, 0.2) is 5.82 Å². The number of nitrogens with zero attached hydrogens (tertiary/aromatic N) is 2. The van der Waals surface area contributed by atoms with Crippen molar-refractivity contribution in [3.05, 3.63) is 53.2 Å². The van der Waals surface area contributed by atoms with E-state index in [2.05, 4.69) is 14.7 Å². The monoisotopic (exact) mass is 301 g/mol. The van der Waals surface area contributed by atoms with E-state index in [0.29, 0.717) is 5.56 Å². The third-order valence-corrected chi connectivity index (χ3v) is 3.58. The highest BCUT2D eigenvalue weighted by Crippen LogP contribution is 2.11. The molecule has 0 aliphatic carbocycles. The molecular formula is C11H9ClFN3O2S. The minimum absolute atomic E-state index is 0.0755. The van der Waals surface area contributed by atoms with Crippen molar-refractivity contribution >= 4 is 27.4 Å². The number of hydrogen-bond acceptors (Lipinski definition) is 4. The van der Waals surface area contributed by atoms with Gasteiger partial charge in [0, 0.05) is 0 Å². The van der Waals surface area contributed by atoms with Gasteiger partial charge in [0.25, 0.3) is 0 Å². The Morgan fingerprint density at radius 3 is 2.42 bits per heavy atom. The van der Waals surface area contributed by atoms with Gasteiger partial charge >= 0.3 is 0 Å². The van der Waals surface area contributed by atoms with Gasteiger partial charge < -0.3 is 0 Å². The molecule has 0 saturated carbocycles.